The van der Waals surface area contributed by atoms with Crippen molar-refractivity contribution in [1.29, 1.82) is 0 Å². The van der Waals surface area contributed by atoms with Crippen molar-refractivity contribution in [3.8, 4) is 0 Å². The number of rotatable bonds is 4. The number of nitrogens with zero attached hydrogens (tertiary/aromatic N) is 1. The van der Waals surface area contributed by atoms with Crippen LogP contribution in [0.2, 0.25) is 10.0 Å². The molecule has 1 amide bonds. The molecule has 1 heterocycles. The smallest absolute Gasteiger partial charge is 0.413 e. The van der Waals surface area contributed by atoms with E-state index in [0.717, 1.165) is 24.0 Å². The Balaban J connectivity index is 1.94. The maximum atomic E-state index is 11.7. The van der Waals surface area contributed by atoms with Crippen LogP contribution in [0.3, 0.4) is 0 Å². The van der Waals surface area contributed by atoms with Gasteiger partial charge in [-0.3, -0.25) is 5.32 Å². The van der Waals surface area contributed by atoms with Gasteiger partial charge in [-0.15, -0.1) is 0 Å². The topological polar surface area (TPSA) is 51.2 Å². The van der Waals surface area contributed by atoms with E-state index in [1.54, 1.807) is 12.3 Å². The van der Waals surface area contributed by atoms with Gasteiger partial charge in [-0.2, -0.15) is 0 Å². The average Bonchev–Trinajstić information content (AvgIpc) is 2.46. The van der Waals surface area contributed by atoms with Gasteiger partial charge in [-0.05, 0) is 62.9 Å². The standard InChI is InChI=1S/C18H20Cl2N2O2/c1-18(2,3)24-17(23)22-16-10-8-12(11-21-16)7-9-13-14(19)5-4-6-15(13)20/h4-6,8,10-11H,7,9H2,1-3H3,(H,21,22,23). The Morgan fingerprint density at radius 2 is 1.79 bits per heavy atom. The maximum absolute atomic E-state index is 11.7. The molecule has 0 aliphatic heterocycles. The molecule has 6 heteroatoms. The number of benzene rings is 1. The molecular formula is C18H20Cl2N2O2. The van der Waals surface area contributed by atoms with E-state index in [2.05, 4.69) is 10.3 Å². The summed E-state index contributed by atoms with van der Waals surface area (Å²) in [4.78, 5) is 15.9. The van der Waals surface area contributed by atoms with E-state index >= 15 is 0 Å². The Morgan fingerprint density at radius 3 is 2.33 bits per heavy atom. The first kappa shape index (κ1) is 18.6. The van der Waals surface area contributed by atoms with E-state index in [1.165, 1.54) is 0 Å². The fourth-order valence-corrected chi connectivity index (χ4v) is 2.68. The van der Waals surface area contributed by atoms with Crippen LogP contribution in [-0.2, 0) is 17.6 Å². The van der Waals surface area contributed by atoms with Gasteiger partial charge < -0.3 is 4.74 Å². The fraction of sp³-hybridized carbons (Fsp3) is 0.333. The summed E-state index contributed by atoms with van der Waals surface area (Å²) in [7, 11) is 0. The van der Waals surface area contributed by atoms with Crippen LogP contribution in [-0.4, -0.2) is 16.7 Å². The first-order valence-electron chi connectivity index (χ1n) is 7.62. The van der Waals surface area contributed by atoms with Crippen molar-refractivity contribution >= 4 is 35.1 Å². The number of nitrogens with one attached hydrogen (secondary N) is 1. The third-order valence-corrected chi connectivity index (χ3v) is 3.89. The van der Waals surface area contributed by atoms with Crippen LogP contribution in [0.1, 0.15) is 31.9 Å². The zero-order valence-corrected chi connectivity index (χ0v) is 15.4. The number of hydrogen-bond acceptors (Lipinski definition) is 3. The SMILES string of the molecule is CC(C)(C)OC(=O)Nc1ccc(CCc2c(Cl)cccc2Cl)cn1. The first-order valence-corrected chi connectivity index (χ1v) is 8.38. The van der Waals surface area contributed by atoms with E-state index in [0.29, 0.717) is 15.9 Å². The van der Waals surface area contributed by atoms with Crippen LogP contribution in [0.25, 0.3) is 0 Å². The van der Waals surface area contributed by atoms with Gasteiger partial charge in [0.25, 0.3) is 0 Å². The van der Waals surface area contributed by atoms with Crippen molar-refractivity contribution in [3.63, 3.8) is 0 Å². The van der Waals surface area contributed by atoms with Crippen molar-refractivity contribution in [2.45, 2.75) is 39.2 Å². The molecule has 0 atom stereocenters. The van der Waals surface area contributed by atoms with E-state index in [-0.39, 0.29) is 0 Å². The number of aromatic nitrogens is 1. The molecule has 0 unspecified atom stereocenters. The molecule has 24 heavy (non-hydrogen) atoms. The quantitative estimate of drug-likeness (QED) is 0.774. The minimum absolute atomic E-state index is 0.448. The van der Waals surface area contributed by atoms with E-state index in [4.69, 9.17) is 27.9 Å². The number of anilines is 1. The third kappa shape index (κ3) is 5.69. The third-order valence-electron chi connectivity index (χ3n) is 3.18. The molecular weight excluding hydrogens is 347 g/mol. The number of halogens is 2. The molecule has 0 fully saturated rings. The Kier molecular flexibility index (Phi) is 6.08. The Bertz CT molecular complexity index is 690. The summed E-state index contributed by atoms with van der Waals surface area (Å²) in [5.41, 5.74) is 1.41. The Hall–Kier alpha value is -1.78. The molecule has 0 saturated carbocycles. The largest absolute Gasteiger partial charge is 0.444 e. The normalized spacial score (nSPS) is 11.2. The summed E-state index contributed by atoms with van der Waals surface area (Å²) in [5, 5.41) is 3.93. The number of aryl methyl sites for hydroxylation is 1. The lowest BCUT2D eigenvalue weighted by Gasteiger charge is -2.19. The summed E-state index contributed by atoms with van der Waals surface area (Å²) in [6, 6.07) is 9.13. The molecule has 0 spiro atoms. The lowest BCUT2D eigenvalue weighted by Crippen LogP contribution is -2.27. The second kappa shape index (κ2) is 7.86. The monoisotopic (exact) mass is 366 g/mol. The van der Waals surface area contributed by atoms with Gasteiger partial charge in [0.2, 0.25) is 0 Å². The van der Waals surface area contributed by atoms with Gasteiger partial charge in [0.15, 0.2) is 0 Å². The maximum Gasteiger partial charge on any atom is 0.413 e. The predicted octanol–water partition coefficient (Wildman–Crippen LogP) is 5.52. The zero-order chi connectivity index (χ0) is 17.7. The highest BCUT2D eigenvalue weighted by Gasteiger charge is 2.16. The number of amides is 1. The van der Waals surface area contributed by atoms with E-state index in [1.807, 2.05) is 45.0 Å². The highest BCUT2D eigenvalue weighted by atomic mass is 35.5. The molecule has 1 aromatic heterocycles. The number of hydrogen-bond donors (Lipinski definition) is 1. The number of carbonyl (C=O) groups excluding carboxylic acids is 1. The number of carbonyl (C=O) groups is 1. The summed E-state index contributed by atoms with van der Waals surface area (Å²) in [6.07, 6.45) is 2.67. The van der Waals surface area contributed by atoms with Crippen LogP contribution in [0.4, 0.5) is 10.6 Å². The summed E-state index contributed by atoms with van der Waals surface area (Å²) in [5.74, 6) is 0.448. The van der Waals surface area contributed by atoms with Crippen LogP contribution < -0.4 is 5.32 Å². The van der Waals surface area contributed by atoms with Crippen molar-refractivity contribution in [2.24, 2.45) is 0 Å². The molecule has 4 nitrogen and oxygen atoms in total. The molecule has 128 valence electrons. The number of ether oxygens (including phenoxy) is 1. The summed E-state index contributed by atoms with van der Waals surface area (Å²) in [6.45, 7) is 5.43. The van der Waals surface area contributed by atoms with Gasteiger partial charge >= 0.3 is 6.09 Å². The van der Waals surface area contributed by atoms with Crippen molar-refractivity contribution in [3.05, 3.63) is 57.7 Å². The molecule has 0 saturated heterocycles. The molecule has 0 radical (unpaired) electrons. The van der Waals surface area contributed by atoms with Gasteiger partial charge in [0, 0.05) is 16.2 Å². The Morgan fingerprint density at radius 1 is 1.12 bits per heavy atom. The van der Waals surface area contributed by atoms with Crippen molar-refractivity contribution in [2.75, 3.05) is 5.32 Å². The fourth-order valence-electron chi connectivity index (χ4n) is 2.10. The van der Waals surface area contributed by atoms with Gasteiger partial charge in [0.1, 0.15) is 11.4 Å². The molecule has 1 aromatic carbocycles. The van der Waals surface area contributed by atoms with Gasteiger partial charge in [-0.1, -0.05) is 35.3 Å². The molecule has 0 bridgehead atoms. The van der Waals surface area contributed by atoms with Crippen molar-refractivity contribution in [1.82, 2.24) is 4.98 Å². The molecule has 0 aliphatic carbocycles. The summed E-state index contributed by atoms with van der Waals surface area (Å²) < 4.78 is 5.18. The van der Waals surface area contributed by atoms with Gasteiger partial charge in [0.05, 0.1) is 0 Å². The highest BCUT2D eigenvalue weighted by Crippen LogP contribution is 2.25. The zero-order valence-electron chi connectivity index (χ0n) is 13.9. The van der Waals surface area contributed by atoms with Crippen molar-refractivity contribution < 1.29 is 9.53 Å². The van der Waals surface area contributed by atoms with E-state index in [9.17, 15) is 4.79 Å². The molecule has 2 aromatic rings. The lowest BCUT2D eigenvalue weighted by molar-refractivity contribution is 0.0635. The second-order valence-electron chi connectivity index (χ2n) is 6.38. The molecule has 1 N–H and O–H groups in total. The van der Waals surface area contributed by atoms with Crippen LogP contribution in [0, 0.1) is 0 Å². The van der Waals surface area contributed by atoms with Crippen LogP contribution in [0.15, 0.2) is 36.5 Å². The van der Waals surface area contributed by atoms with Crippen LogP contribution >= 0.6 is 23.2 Å². The van der Waals surface area contributed by atoms with Gasteiger partial charge in [-0.25, -0.2) is 9.78 Å². The second-order valence-corrected chi connectivity index (χ2v) is 7.19. The molecule has 0 aliphatic rings. The predicted molar refractivity (Wildman–Crippen MR) is 98.0 cm³/mol. The Labute approximate surface area is 152 Å². The lowest BCUT2D eigenvalue weighted by atomic mass is 10.1. The van der Waals surface area contributed by atoms with E-state index < -0.39 is 11.7 Å². The summed E-state index contributed by atoms with van der Waals surface area (Å²) >= 11 is 12.3. The first-order chi connectivity index (χ1) is 11.2. The number of pyridine rings is 1. The average molecular weight is 367 g/mol. The van der Waals surface area contributed by atoms with Crippen LogP contribution in [0.5, 0.6) is 0 Å². The molecule has 2 rings (SSSR count). The highest BCUT2D eigenvalue weighted by molar-refractivity contribution is 6.35. The minimum atomic E-state index is -0.543. The minimum Gasteiger partial charge on any atom is -0.444 e.